The molecule has 8 heteroatoms. The van der Waals surface area contributed by atoms with Crippen LogP contribution >= 0.6 is 0 Å². The van der Waals surface area contributed by atoms with Gasteiger partial charge in [0.05, 0.1) is 22.8 Å². The van der Waals surface area contributed by atoms with Gasteiger partial charge in [0.1, 0.15) is 5.56 Å². The van der Waals surface area contributed by atoms with Crippen molar-refractivity contribution in [2.24, 2.45) is 0 Å². The van der Waals surface area contributed by atoms with Crippen molar-refractivity contribution in [3.8, 4) is 0 Å². The standard InChI is InChI=1S/C13H15FN2O5/c1-21-8-2-4-15(5-3-8)12-6-9(13(17)18)11(16(19)20)7-10(12)14/h6-8H,2-5H2,1H3,(H,17,18). The molecular weight excluding hydrogens is 283 g/mol. The quantitative estimate of drug-likeness (QED) is 0.675. The molecule has 1 heterocycles. The van der Waals surface area contributed by atoms with Crippen molar-refractivity contribution in [2.45, 2.75) is 18.9 Å². The molecule has 1 aromatic carbocycles. The minimum Gasteiger partial charge on any atom is -0.477 e. The third-order valence-corrected chi connectivity index (χ3v) is 3.61. The maximum absolute atomic E-state index is 14.0. The van der Waals surface area contributed by atoms with Crippen LogP contribution in [-0.2, 0) is 4.74 Å². The number of anilines is 1. The number of hydrogen-bond donors (Lipinski definition) is 1. The Bertz CT molecular complexity index is 570. The molecule has 0 bridgehead atoms. The number of ether oxygens (including phenoxy) is 1. The molecule has 0 unspecified atom stereocenters. The zero-order valence-corrected chi connectivity index (χ0v) is 11.4. The first-order valence-corrected chi connectivity index (χ1v) is 6.43. The summed E-state index contributed by atoms with van der Waals surface area (Å²) < 4.78 is 19.3. The number of carboxylic acids is 1. The number of halogens is 1. The van der Waals surface area contributed by atoms with E-state index in [1.165, 1.54) is 0 Å². The van der Waals surface area contributed by atoms with Gasteiger partial charge in [0.15, 0.2) is 5.82 Å². The van der Waals surface area contributed by atoms with Gasteiger partial charge in [-0.1, -0.05) is 0 Å². The monoisotopic (exact) mass is 298 g/mol. The molecular formula is C13H15FN2O5. The van der Waals surface area contributed by atoms with Crippen LogP contribution in [0.3, 0.4) is 0 Å². The topological polar surface area (TPSA) is 92.9 Å². The van der Waals surface area contributed by atoms with Gasteiger partial charge in [-0.3, -0.25) is 10.1 Å². The lowest BCUT2D eigenvalue weighted by atomic mass is 10.1. The van der Waals surface area contributed by atoms with Gasteiger partial charge in [-0.05, 0) is 18.9 Å². The van der Waals surface area contributed by atoms with Crippen LogP contribution in [-0.4, -0.2) is 42.3 Å². The molecule has 1 saturated heterocycles. The third kappa shape index (κ3) is 3.10. The van der Waals surface area contributed by atoms with E-state index >= 15 is 0 Å². The van der Waals surface area contributed by atoms with E-state index in [4.69, 9.17) is 9.84 Å². The van der Waals surface area contributed by atoms with E-state index in [9.17, 15) is 19.3 Å². The molecule has 1 N–H and O–H groups in total. The first-order valence-electron chi connectivity index (χ1n) is 6.43. The molecule has 0 atom stereocenters. The number of nitro groups is 1. The molecule has 1 aliphatic heterocycles. The Labute approximate surface area is 120 Å². The summed E-state index contributed by atoms with van der Waals surface area (Å²) in [6.45, 7) is 1.01. The smallest absolute Gasteiger partial charge is 0.342 e. The summed E-state index contributed by atoms with van der Waals surface area (Å²) in [7, 11) is 1.61. The highest BCUT2D eigenvalue weighted by Gasteiger charge is 2.27. The highest BCUT2D eigenvalue weighted by atomic mass is 19.1. The van der Waals surface area contributed by atoms with Crippen LogP contribution in [0.5, 0.6) is 0 Å². The molecule has 1 aliphatic rings. The minimum absolute atomic E-state index is 0.0764. The Balaban J connectivity index is 2.34. The van der Waals surface area contributed by atoms with Crippen LogP contribution < -0.4 is 4.90 Å². The second-order valence-electron chi connectivity index (χ2n) is 4.81. The van der Waals surface area contributed by atoms with Gasteiger partial charge < -0.3 is 14.7 Å². The second-order valence-corrected chi connectivity index (χ2v) is 4.81. The summed E-state index contributed by atoms with van der Waals surface area (Å²) in [6.07, 6.45) is 1.48. The van der Waals surface area contributed by atoms with E-state index in [2.05, 4.69) is 0 Å². The molecule has 0 radical (unpaired) electrons. The zero-order valence-electron chi connectivity index (χ0n) is 11.4. The fourth-order valence-corrected chi connectivity index (χ4v) is 2.45. The van der Waals surface area contributed by atoms with Crippen molar-refractivity contribution in [1.29, 1.82) is 0 Å². The number of nitro benzene ring substituents is 1. The van der Waals surface area contributed by atoms with Crippen molar-refractivity contribution >= 4 is 17.3 Å². The van der Waals surface area contributed by atoms with Crippen LogP contribution in [0.15, 0.2) is 12.1 Å². The molecule has 1 aromatic rings. The lowest BCUT2D eigenvalue weighted by Crippen LogP contribution is -2.37. The number of nitrogens with zero attached hydrogens (tertiary/aromatic N) is 2. The lowest BCUT2D eigenvalue weighted by molar-refractivity contribution is -0.385. The minimum atomic E-state index is -1.45. The van der Waals surface area contributed by atoms with Crippen molar-refractivity contribution in [2.75, 3.05) is 25.1 Å². The number of carbonyl (C=O) groups is 1. The molecule has 0 spiro atoms. The third-order valence-electron chi connectivity index (χ3n) is 3.61. The molecule has 7 nitrogen and oxygen atoms in total. The van der Waals surface area contributed by atoms with E-state index in [0.29, 0.717) is 32.0 Å². The Morgan fingerprint density at radius 2 is 2.10 bits per heavy atom. The van der Waals surface area contributed by atoms with E-state index in [-0.39, 0.29) is 11.8 Å². The van der Waals surface area contributed by atoms with Crippen LogP contribution in [0.2, 0.25) is 0 Å². The van der Waals surface area contributed by atoms with Gasteiger partial charge in [-0.15, -0.1) is 0 Å². The van der Waals surface area contributed by atoms with Gasteiger partial charge in [-0.2, -0.15) is 0 Å². The van der Waals surface area contributed by atoms with E-state index in [0.717, 1.165) is 6.07 Å². The van der Waals surface area contributed by atoms with Crippen molar-refractivity contribution < 1.29 is 24.0 Å². The summed E-state index contributed by atoms with van der Waals surface area (Å²) in [5.41, 5.74) is -1.17. The summed E-state index contributed by atoms with van der Waals surface area (Å²) in [5, 5.41) is 19.8. The van der Waals surface area contributed by atoms with Crippen molar-refractivity contribution in [3.63, 3.8) is 0 Å². The zero-order chi connectivity index (χ0) is 15.6. The number of aromatic carboxylic acids is 1. The first-order chi connectivity index (χ1) is 9.93. The highest BCUT2D eigenvalue weighted by molar-refractivity contribution is 5.93. The normalized spacial score (nSPS) is 16.0. The SMILES string of the molecule is COC1CCN(c2cc(C(=O)O)c([N+](=O)[O-])cc2F)CC1. The molecule has 0 amide bonds. The predicted molar refractivity (Wildman–Crippen MR) is 72.3 cm³/mol. The molecule has 0 aliphatic carbocycles. The average Bonchev–Trinajstić information content (AvgIpc) is 2.46. The number of hydrogen-bond acceptors (Lipinski definition) is 5. The maximum atomic E-state index is 14.0. The van der Waals surface area contributed by atoms with Crippen LogP contribution in [0.4, 0.5) is 15.8 Å². The Morgan fingerprint density at radius 1 is 1.48 bits per heavy atom. The van der Waals surface area contributed by atoms with Gasteiger partial charge in [0.25, 0.3) is 5.69 Å². The van der Waals surface area contributed by atoms with Gasteiger partial charge in [-0.25, -0.2) is 9.18 Å². The number of rotatable bonds is 4. The molecule has 0 aromatic heterocycles. The molecule has 2 rings (SSSR count). The van der Waals surface area contributed by atoms with Gasteiger partial charge in [0, 0.05) is 20.2 Å². The largest absolute Gasteiger partial charge is 0.477 e. The van der Waals surface area contributed by atoms with Crippen LogP contribution in [0, 0.1) is 15.9 Å². The number of benzene rings is 1. The number of piperidine rings is 1. The van der Waals surface area contributed by atoms with E-state index in [1.807, 2.05) is 0 Å². The Hall–Kier alpha value is -2.22. The molecule has 0 saturated carbocycles. The molecule has 114 valence electrons. The molecule has 1 fully saturated rings. The second kappa shape index (κ2) is 6.04. The summed E-state index contributed by atoms with van der Waals surface area (Å²) in [4.78, 5) is 22.7. The molecule has 21 heavy (non-hydrogen) atoms. The number of methoxy groups -OCH3 is 1. The number of carboxylic acid groups (broad SMARTS) is 1. The van der Waals surface area contributed by atoms with Crippen LogP contribution in [0.25, 0.3) is 0 Å². The fourth-order valence-electron chi connectivity index (χ4n) is 2.45. The summed E-state index contributed by atoms with van der Waals surface area (Å²) in [6, 6.07) is 1.70. The first kappa shape index (κ1) is 15.2. The Morgan fingerprint density at radius 3 is 2.57 bits per heavy atom. The highest BCUT2D eigenvalue weighted by Crippen LogP contribution is 2.30. The van der Waals surface area contributed by atoms with E-state index in [1.54, 1.807) is 12.0 Å². The Kier molecular flexibility index (Phi) is 4.37. The maximum Gasteiger partial charge on any atom is 0.342 e. The van der Waals surface area contributed by atoms with Crippen molar-refractivity contribution in [3.05, 3.63) is 33.6 Å². The lowest BCUT2D eigenvalue weighted by Gasteiger charge is -2.33. The van der Waals surface area contributed by atoms with Gasteiger partial charge in [0.2, 0.25) is 0 Å². The van der Waals surface area contributed by atoms with Crippen molar-refractivity contribution in [1.82, 2.24) is 0 Å². The van der Waals surface area contributed by atoms with Gasteiger partial charge >= 0.3 is 5.97 Å². The van der Waals surface area contributed by atoms with E-state index < -0.39 is 28.0 Å². The summed E-state index contributed by atoms with van der Waals surface area (Å²) in [5.74, 6) is -2.24. The average molecular weight is 298 g/mol. The van der Waals surface area contributed by atoms with Crippen LogP contribution in [0.1, 0.15) is 23.2 Å². The summed E-state index contributed by atoms with van der Waals surface area (Å²) >= 11 is 0. The predicted octanol–water partition coefficient (Wildman–Crippen LogP) is 2.05. The fraction of sp³-hybridized carbons (Fsp3) is 0.462.